The molecule has 1 saturated carbocycles. The van der Waals surface area contributed by atoms with Crippen molar-refractivity contribution in [3.63, 3.8) is 0 Å². The van der Waals surface area contributed by atoms with Gasteiger partial charge in [-0.2, -0.15) is 0 Å². The number of amides is 1. The molecule has 1 heterocycles. The maximum atomic E-state index is 11.5. The second-order valence-corrected chi connectivity index (χ2v) is 4.39. The Bertz CT molecular complexity index is 211. The number of nitrogens with one attached hydrogen (secondary N) is 2. The number of likely N-dealkylation sites (N-methyl/N-ethyl adjacent to an activating group) is 1. The SMILES string of the molecule is CCNC(=O)[C@H]1CC2(CCC2)CN1. The van der Waals surface area contributed by atoms with Gasteiger partial charge in [0, 0.05) is 13.1 Å². The molecule has 1 saturated heterocycles. The van der Waals surface area contributed by atoms with Crippen molar-refractivity contribution >= 4 is 5.91 Å². The normalized spacial score (nSPS) is 30.1. The molecule has 2 aliphatic rings. The van der Waals surface area contributed by atoms with Gasteiger partial charge in [0.2, 0.25) is 5.91 Å². The Morgan fingerprint density at radius 3 is 2.85 bits per heavy atom. The van der Waals surface area contributed by atoms with E-state index in [2.05, 4.69) is 10.6 Å². The van der Waals surface area contributed by atoms with E-state index in [1.54, 1.807) is 0 Å². The summed E-state index contributed by atoms with van der Waals surface area (Å²) in [5.74, 6) is 0.186. The minimum Gasteiger partial charge on any atom is -0.355 e. The highest BCUT2D eigenvalue weighted by molar-refractivity contribution is 5.82. The molecule has 0 aromatic rings. The topological polar surface area (TPSA) is 41.1 Å². The van der Waals surface area contributed by atoms with E-state index in [1.807, 2.05) is 6.92 Å². The van der Waals surface area contributed by atoms with Gasteiger partial charge in [-0.3, -0.25) is 4.79 Å². The van der Waals surface area contributed by atoms with Crippen molar-refractivity contribution in [2.45, 2.75) is 38.6 Å². The molecule has 1 spiro atoms. The van der Waals surface area contributed by atoms with Crippen molar-refractivity contribution in [1.82, 2.24) is 10.6 Å². The summed E-state index contributed by atoms with van der Waals surface area (Å²) in [6.07, 6.45) is 5.04. The molecule has 3 heteroatoms. The van der Waals surface area contributed by atoms with Crippen LogP contribution >= 0.6 is 0 Å². The summed E-state index contributed by atoms with van der Waals surface area (Å²) in [5, 5.41) is 6.19. The molecule has 1 aliphatic heterocycles. The predicted octanol–water partition coefficient (Wildman–Crippen LogP) is 0.655. The molecule has 2 N–H and O–H groups in total. The lowest BCUT2D eigenvalue weighted by atomic mass is 9.67. The van der Waals surface area contributed by atoms with E-state index in [0.717, 1.165) is 19.5 Å². The molecular formula is C10H18N2O. The van der Waals surface area contributed by atoms with Crippen molar-refractivity contribution in [3.05, 3.63) is 0 Å². The minimum atomic E-state index is 0.0836. The molecule has 2 fully saturated rings. The van der Waals surface area contributed by atoms with Crippen molar-refractivity contribution in [1.29, 1.82) is 0 Å². The van der Waals surface area contributed by atoms with Crippen LogP contribution in [-0.2, 0) is 4.79 Å². The molecule has 2 rings (SSSR count). The lowest BCUT2D eigenvalue weighted by molar-refractivity contribution is -0.122. The largest absolute Gasteiger partial charge is 0.355 e. The summed E-state index contributed by atoms with van der Waals surface area (Å²) in [6, 6.07) is 0.0836. The maximum absolute atomic E-state index is 11.5. The third kappa shape index (κ3) is 1.57. The van der Waals surface area contributed by atoms with Crippen molar-refractivity contribution in [2.24, 2.45) is 5.41 Å². The smallest absolute Gasteiger partial charge is 0.237 e. The first-order valence-electron chi connectivity index (χ1n) is 5.27. The zero-order valence-corrected chi connectivity index (χ0v) is 8.23. The lowest BCUT2D eigenvalue weighted by Crippen LogP contribution is -2.40. The van der Waals surface area contributed by atoms with Crippen LogP contribution in [0.5, 0.6) is 0 Å². The molecule has 3 nitrogen and oxygen atoms in total. The van der Waals surface area contributed by atoms with Crippen LogP contribution in [0.25, 0.3) is 0 Å². The average Bonchev–Trinajstić information content (AvgIpc) is 2.47. The fraction of sp³-hybridized carbons (Fsp3) is 0.900. The Morgan fingerprint density at radius 1 is 1.62 bits per heavy atom. The van der Waals surface area contributed by atoms with E-state index in [0.29, 0.717) is 5.41 Å². The van der Waals surface area contributed by atoms with Gasteiger partial charge < -0.3 is 10.6 Å². The van der Waals surface area contributed by atoms with E-state index >= 15 is 0 Å². The number of hydrogen-bond acceptors (Lipinski definition) is 2. The predicted molar refractivity (Wildman–Crippen MR) is 51.4 cm³/mol. The number of carbonyl (C=O) groups excluding carboxylic acids is 1. The molecule has 0 radical (unpaired) electrons. The Hall–Kier alpha value is -0.570. The van der Waals surface area contributed by atoms with Gasteiger partial charge in [-0.05, 0) is 31.6 Å². The van der Waals surface area contributed by atoms with E-state index in [1.165, 1.54) is 19.3 Å². The van der Waals surface area contributed by atoms with Crippen LogP contribution in [0.15, 0.2) is 0 Å². The van der Waals surface area contributed by atoms with Gasteiger partial charge in [-0.1, -0.05) is 6.42 Å². The van der Waals surface area contributed by atoms with Gasteiger partial charge in [-0.25, -0.2) is 0 Å². The summed E-state index contributed by atoms with van der Waals surface area (Å²) >= 11 is 0. The highest BCUT2D eigenvalue weighted by atomic mass is 16.2. The zero-order valence-electron chi connectivity index (χ0n) is 8.23. The lowest BCUT2D eigenvalue weighted by Gasteiger charge is -2.37. The van der Waals surface area contributed by atoms with Crippen LogP contribution in [0.1, 0.15) is 32.6 Å². The number of carbonyl (C=O) groups is 1. The fourth-order valence-electron chi connectivity index (χ4n) is 2.46. The van der Waals surface area contributed by atoms with Crippen LogP contribution in [0.3, 0.4) is 0 Å². The molecule has 0 aromatic heterocycles. The maximum Gasteiger partial charge on any atom is 0.237 e. The molecule has 1 atom stereocenters. The monoisotopic (exact) mass is 182 g/mol. The molecular weight excluding hydrogens is 164 g/mol. The molecule has 74 valence electrons. The molecule has 13 heavy (non-hydrogen) atoms. The van der Waals surface area contributed by atoms with Crippen molar-refractivity contribution in [3.8, 4) is 0 Å². The van der Waals surface area contributed by atoms with Crippen LogP contribution in [0.4, 0.5) is 0 Å². The van der Waals surface area contributed by atoms with Crippen molar-refractivity contribution < 1.29 is 4.79 Å². The van der Waals surface area contributed by atoms with Gasteiger partial charge in [0.1, 0.15) is 0 Å². The summed E-state index contributed by atoms with van der Waals surface area (Å²) in [6.45, 7) is 3.75. The van der Waals surface area contributed by atoms with Gasteiger partial charge in [0.15, 0.2) is 0 Å². The third-order valence-electron chi connectivity index (χ3n) is 3.44. The Morgan fingerprint density at radius 2 is 2.38 bits per heavy atom. The van der Waals surface area contributed by atoms with E-state index in [4.69, 9.17) is 0 Å². The minimum absolute atomic E-state index is 0.0836. The van der Waals surface area contributed by atoms with Crippen LogP contribution < -0.4 is 10.6 Å². The Balaban J connectivity index is 1.87. The molecule has 0 bridgehead atoms. The van der Waals surface area contributed by atoms with Crippen LogP contribution in [0.2, 0.25) is 0 Å². The number of rotatable bonds is 2. The highest BCUT2D eigenvalue weighted by Crippen LogP contribution is 2.47. The van der Waals surface area contributed by atoms with Crippen LogP contribution in [0, 0.1) is 5.41 Å². The summed E-state index contributed by atoms with van der Waals surface area (Å²) in [7, 11) is 0. The van der Waals surface area contributed by atoms with Gasteiger partial charge in [-0.15, -0.1) is 0 Å². The summed E-state index contributed by atoms with van der Waals surface area (Å²) in [5.41, 5.74) is 0.496. The van der Waals surface area contributed by atoms with Crippen LogP contribution in [-0.4, -0.2) is 25.0 Å². The second-order valence-electron chi connectivity index (χ2n) is 4.39. The quantitative estimate of drug-likeness (QED) is 0.658. The van der Waals surface area contributed by atoms with Gasteiger partial charge in [0.25, 0.3) is 0 Å². The van der Waals surface area contributed by atoms with Gasteiger partial charge in [0.05, 0.1) is 6.04 Å². The summed E-state index contributed by atoms with van der Waals surface area (Å²) in [4.78, 5) is 11.5. The van der Waals surface area contributed by atoms with E-state index < -0.39 is 0 Å². The van der Waals surface area contributed by atoms with Gasteiger partial charge >= 0.3 is 0 Å². The molecule has 0 unspecified atom stereocenters. The fourth-order valence-corrected chi connectivity index (χ4v) is 2.46. The summed E-state index contributed by atoms with van der Waals surface area (Å²) < 4.78 is 0. The molecule has 1 aliphatic carbocycles. The first kappa shape index (κ1) is 9.00. The highest BCUT2D eigenvalue weighted by Gasteiger charge is 2.45. The zero-order chi connectivity index (χ0) is 9.31. The molecule has 1 amide bonds. The van der Waals surface area contributed by atoms with E-state index in [9.17, 15) is 4.79 Å². The third-order valence-corrected chi connectivity index (χ3v) is 3.44. The Labute approximate surface area is 79.3 Å². The number of hydrogen-bond donors (Lipinski definition) is 2. The van der Waals surface area contributed by atoms with E-state index in [-0.39, 0.29) is 11.9 Å². The Kier molecular flexibility index (Phi) is 2.28. The standard InChI is InChI=1S/C10H18N2O/c1-2-11-9(13)8-6-10(7-12-8)4-3-5-10/h8,12H,2-7H2,1H3,(H,11,13)/t8-/m1/s1. The van der Waals surface area contributed by atoms with Crippen molar-refractivity contribution in [2.75, 3.05) is 13.1 Å². The first-order valence-corrected chi connectivity index (χ1v) is 5.27. The second kappa shape index (κ2) is 3.29. The molecule has 0 aromatic carbocycles. The first-order chi connectivity index (χ1) is 6.26. The average molecular weight is 182 g/mol.